The Labute approximate surface area is 310 Å². The van der Waals surface area contributed by atoms with Gasteiger partial charge in [0.1, 0.15) is 29.1 Å². The van der Waals surface area contributed by atoms with Crippen molar-refractivity contribution in [1.29, 1.82) is 0 Å². The number of hydrogen-bond donors (Lipinski definition) is 4. The van der Waals surface area contributed by atoms with Gasteiger partial charge in [0, 0.05) is 19.2 Å². The Hall–Kier alpha value is -5.63. The van der Waals surface area contributed by atoms with Crippen LogP contribution in [0.15, 0.2) is 60.7 Å². The first-order chi connectivity index (χ1) is 25.2. The van der Waals surface area contributed by atoms with Crippen molar-refractivity contribution >= 4 is 41.5 Å². The number of benzene rings is 3. The summed E-state index contributed by atoms with van der Waals surface area (Å²) in [6.07, 6.45) is 2.57. The highest BCUT2D eigenvalue weighted by molar-refractivity contribution is 6.09. The number of anilines is 2. The van der Waals surface area contributed by atoms with Crippen molar-refractivity contribution < 1.29 is 42.9 Å². The number of aryl methyl sites for hydroxylation is 1. The first-order valence-corrected chi connectivity index (χ1v) is 17.4. The van der Waals surface area contributed by atoms with Gasteiger partial charge in [-0.15, -0.1) is 0 Å². The minimum absolute atomic E-state index is 0.0690. The van der Waals surface area contributed by atoms with Crippen LogP contribution >= 0.6 is 0 Å². The molecule has 0 heterocycles. The summed E-state index contributed by atoms with van der Waals surface area (Å²) in [6, 6.07) is 16.6. The van der Waals surface area contributed by atoms with E-state index in [1.807, 2.05) is 25.1 Å². The molecule has 0 spiro atoms. The Morgan fingerprint density at radius 3 is 2.32 bits per heavy atom. The molecular weight excluding hydrogens is 682 g/mol. The summed E-state index contributed by atoms with van der Waals surface area (Å²) in [5, 5.41) is 8.33. The lowest BCUT2D eigenvalue weighted by molar-refractivity contribution is -0.117. The van der Waals surface area contributed by atoms with E-state index in [4.69, 9.17) is 24.7 Å². The van der Waals surface area contributed by atoms with Gasteiger partial charge in [-0.1, -0.05) is 18.2 Å². The normalized spacial score (nSPS) is 11.5. The third kappa shape index (κ3) is 13.8. The van der Waals surface area contributed by atoms with E-state index < -0.39 is 29.6 Å². The highest BCUT2D eigenvalue weighted by atomic mass is 16.6. The lowest BCUT2D eigenvalue weighted by Crippen LogP contribution is -2.37. The fourth-order valence-electron chi connectivity index (χ4n) is 5.07. The molecule has 14 heteroatoms. The number of nitrogens with two attached hydrogens (primary N) is 1. The highest BCUT2D eigenvalue weighted by Gasteiger charge is 2.21. The minimum atomic E-state index is -0.593. The maximum absolute atomic E-state index is 13.7. The quantitative estimate of drug-likeness (QED) is 0.0908. The summed E-state index contributed by atoms with van der Waals surface area (Å²) in [6.45, 7) is 8.15. The van der Waals surface area contributed by atoms with E-state index >= 15 is 0 Å². The van der Waals surface area contributed by atoms with Gasteiger partial charge in [0.15, 0.2) is 0 Å². The van der Waals surface area contributed by atoms with Crippen molar-refractivity contribution in [3.63, 3.8) is 0 Å². The Morgan fingerprint density at radius 2 is 1.62 bits per heavy atom. The number of nitrogens with zero attached hydrogens (tertiary/aromatic N) is 1. The molecular formula is C39H51N5O9. The molecule has 0 saturated heterocycles. The van der Waals surface area contributed by atoms with Crippen LogP contribution in [-0.2, 0) is 14.3 Å². The van der Waals surface area contributed by atoms with Gasteiger partial charge in [-0.25, -0.2) is 4.79 Å². The van der Waals surface area contributed by atoms with Crippen molar-refractivity contribution in [1.82, 2.24) is 10.6 Å². The van der Waals surface area contributed by atoms with Crippen LogP contribution in [0.25, 0.3) is 0 Å². The fraction of sp³-hybridized carbons (Fsp3) is 0.410. The Balaban J connectivity index is 1.62. The molecule has 4 amide bonds. The van der Waals surface area contributed by atoms with E-state index in [0.29, 0.717) is 72.8 Å². The monoisotopic (exact) mass is 733 g/mol. The molecule has 0 aliphatic rings. The second-order valence-electron chi connectivity index (χ2n) is 13.3. The predicted octanol–water partition coefficient (Wildman–Crippen LogP) is 5.02. The van der Waals surface area contributed by atoms with Gasteiger partial charge in [0.2, 0.25) is 5.91 Å². The third-order valence-corrected chi connectivity index (χ3v) is 7.73. The van der Waals surface area contributed by atoms with E-state index in [1.165, 1.54) is 12.0 Å². The second-order valence-corrected chi connectivity index (χ2v) is 13.3. The van der Waals surface area contributed by atoms with Crippen molar-refractivity contribution in [2.24, 2.45) is 5.73 Å². The van der Waals surface area contributed by atoms with E-state index in [2.05, 4.69) is 16.0 Å². The number of carbonyl (C=O) groups excluding carboxylic acids is 5. The van der Waals surface area contributed by atoms with Crippen molar-refractivity contribution in [3.05, 3.63) is 77.4 Å². The van der Waals surface area contributed by atoms with E-state index in [9.17, 15) is 24.0 Å². The van der Waals surface area contributed by atoms with Gasteiger partial charge in [0.05, 0.1) is 49.8 Å². The Bertz CT molecular complexity index is 1720. The SMILES string of the molecule is COc1cc(C(=O)N(C)c2ccc(C)cc2OCCCCC(C=O)NCC(N)=O)ccc1NC(=O)c1ccccc1OCCCNC(=O)OC(C)(C)C. The molecule has 0 aromatic heterocycles. The molecule has 14 nitrogen and oxygen atoms in total. The molecule has 3 aromatic rings. The van der Waals surface area contributed by atoms with E-state index in [1.54, 1.807) is 70.3 Å². The molecule has 0 fully saturated rings. The van der Waals surface area contributed by atoms with Gasteiger partial charge >= 0.3 is 6.09 Å². The summed E-state index contributed by atoms with van der Waals surface area (Å²) in [7, 11) is 3.09. The van der Waals surface area contributed by atoms with Crippen LogP contribution in [0.2, 0.25) is 0 Å². The number of para-hydroxylation sites is 1. The molecule has 0 aliphatic heterocycles. The van der Waals surface area contributed by atoms with Crippen LogP contribution in [0.4, 0.5) is 16.2 Å². The number of ether oxygens (including phenoxy) is 4. The molecule has 0 radical (unpaired) electrons. The number of aldehydes is 1. The number of methoxy groups -OCH3 is 1. The minimum Gasteiger partial charge on any atom is -0.495 e. The van der Waals surface area contributed by atoms with Gasteiger partial charge in [-0.3, -0.25) is 19.7 Å². The summed E-state index contributed by atoms with van der Waals surface area (Å²) in [5.74, 6) is -0.126. The molecule has 0 bridgehead atoms. The number of hydrogen-bond acceptors (Lipinski definition) is 10. The van der Waals surface area contributed by atoms with Crippen molar-refractivity contribution in [2.45, 2.75) is 65.0 Å². The maximum Gasteiger partial charge on any atom is 0.407 e. The van der Waals surface area contributed by atoms with Crippen LogP contribution in [0.1, 0.15) is 72.7 Å². The van der Waals surface area contributed by atoms with Gasteiger partial charge in [0.25, 0.3) is 11.8 Å². The highest BCUT2D eigenvalue weighted by Crippen LogP contribution is 2.32. The fourth-order valence-corrected chi connectivity index (χ4v) is 5.07. The van der Waals surface area contributed by atoms with Crippen LogP contribution in [0.3, 0.4) is 0 Å². The maximum atomic E-state index is 13.7. The standard InChI is InChI=1S/C39H51N5O9/c1-26-15-18-31(34(22-26)52-20-10-9-12-28(25-45)42-24-35(40)46)44(5)37(48)27-16-17-30(33(23-27)50-6)43-36(47)29-13-7-8-14-32(29)51-21-11-19-41-38(49)53-39(2,3)4/h7-8,13-18,22-23,25,28,42H,9-12,19-21,24H2,1-6H3,(H2,40,46)(H,41,49)(H,43,47). The Kier molecular flexibility index (Phi) is 16.1. The number of unbranched alkanes of at least 4 members (excludes halogenated alkanes) is 1. The number of carbonyl (C=O) groups is 5. The summed E-state index contributed by atoms with van der Waals surface area (Å²) >= 11 is 0. The van der Waals surface area contributed by atoms with Gasteiger partial charge in [-0.2, -0.15) is 0 Å². The molecule has 53 heavy (non-hydrogen) atoms. The predicted molar refractivity (Wildman–Crippen MR) is 202 cm³/mol. The zero-order valence-corrected chi connectivity index (χ0v) is 31.3. The van der Waals surface area contributed by atoms with Crippen LogP contribution in [0, 0.1) is 6.92 Å². The number of amides is 4. The van der Waals surface area contributed by atoms with Crippen LogP contribution in [0.5, 0.6) is 17.2 Å². The van der Waals surface area contributed by atoms with Crippen molar-refractivity contribution in [2.75, 3.05) is 50.7 Å². The molecule has 286 valence electrons. The smallest absolute Gasteiger partial charge is 0.407 e. The summed E-state index contributed by atoms with van der Waals surface area (Å²) < 4.78 is 22.7. The molecule has 3 rings (SSSR count). The van der Waals surface area contributed by atoms with Crippen LogP contribution in [-0.4, -0.2) is 82.2 Å². The van der Waals surface area contributed by atoms with Gasteiger partial charge < -0.3 is 45.0 Å². The molecule has 0 aliphatic carbocycles. The van der Waals surface area contributed by atoms with Gasteiger partial charge in [-0.05, 0) is 101 Å². The largest absolute Gasteiger partial charge is 0.495 e. The zero-order chi connectivity index (χ0) is 39.0. The number of primary amides is 1. The lowest BCUT2D eigenvalue weighted by Gasteiger charge is -2.22. The van der Waals surface area contributed by atoms with E-state index in [-0.39, 0.29) is 24.8 Å². The van der Waals surface area contributed by atoms with Crippen molar-refractivity contribution in [3.8, 4) is 17.2 Å². The lowest BCUT2D eigenvalue weighted by atomic mass is 10.1. The molecule has 5 N–H and O–H groups in total. The Morgan fingerprint density at radius 1 is 0.906 bits per heavy atom. The van der Waals surface area contributed by atoms with Crippen LogP contribution < -0.4 is 40.8 Å². The number of nitrogens with one attached hydrogen (secondary N) is 3. The second kappa shape index (κ2) is 20.4. The number of alkyl carbamates (subject to hydrolysis) is 1. The topological polar surface area (TPSA) is 188 Å². The third-order valence-electron chi connectivity index (χ3n) is 7.73. The number of rotatable bonds is 20. The first-order valence-electron chi connectivity index (χ1n) is 17.4. The zero-order valence-electron chi connectivity index (χ0n) is 31.3. The molecule has 1 atom stereocenters. The first kappa shape index (κ1) is 41.8. The van der Waals surface area contributed by atoms with E-state index in [0.717, 1.165) is 11.8 Å². The molecule has 1 unspecified atom stereocenters. The average molecular weight is 734 g/mol. The molecule has 3 aromatic carbocycles. The molecule has 0 saturated carbocycles. The summed E-state index contributed by atoms with van der Waals surface area (Å²) in [5.41, 5.74) is 7.03. The average Bonchev–Trinajstić information content (AvgIpc) is 3.11. The summed E-state index contributed by atoms with van der Waals surface area (Å²) in [4.78, 5) is 62.7.